The minimum atomic E-state index is 0.246. The maximum absolute atomic E-state index is 5.82. The van der Waals surface area contributed by atoms with Crippen LogP contribution in [0.4, 0.5) is 0 Å². The van der Waals surface area contributed by atoms with Gasteiger partial charge in [-0.2, -0.15) is 0 Å². The molecule has 2 rings (SSSR count). The predicted molar refractivity (Wildman–Crippen MR) is 50.1 cm³/mol. The third kappa shape index (κ3) is 1.63. The molecule has 1 aliphatic heterocycles. The molecule has 0 aromatic carbocycles. The smallest absolute Gasteiger partial charge is 0.0446 e. The summed E-state index contributed by atoms with van der Waals surface area (Å²) < 4.78 is 0. The van der Waals surface area contributed by atoms with E-state index in [1.807, 2.05) is 0 Å². The van der Waals surface area contributed by atoms with Crippen LogP contribution in [0.5, 0.6) is 0 Å². The molecule has 1 saturated carbocycles. The van der Waals surface area contributed by atoms with Gasteiger partial charge in [-0.25, -0.2) is 0 Å². The van der Waals surface area contributed by atoms with Crippen molar-refractivity contribution in [2.45, 2.75) is 30.8 Å². The molecule has 0 bridgehead atoms. The standard InChI is InChI=1S/C9H19N3/c1-12-5-4-9(6-10,7-12)11-8-2-3-8/h8,11H,2-7,10H2,1H3. The van der Waals surface area contributed by atoms with Gasteiger partial charge in [0.1, 0.15) is 0 Å². The van der Waals surface area contributed by atoms with E-state index in [0.717, 1.165) is 19.1 Å². The van der Waals surface area contributed by atoms with Crippen molar-refractivity contribution in [3.8, 4) is 0 Å². The van der Waals surface area contributed by atoms with E-state index in [-0.39, 0.29) is 5.54 Å². The Bertz CT molecular complexity index is 167. The summed E-state index contributed by atoms with van der Waals surface area (Å²) in [6.07, 6.45) is 3.92. The van der Waals surface area contributed by atoms with Gasteiger partial charge in [-0.1, -0.05) is 0 Å². The minimum absolute atomic E-state index is 0.246. The lowest BCUT2D eigenvalue weighted by Crippen LogP contribution is -2.53. The molecule has 70 valence electrons. The molecule has 1 aliphatic carbocycles. The largest absolute Gasteiger partial charge is 0.329 e. The molecular weight excluding hydrogens is 150 g/mol. The first-order chi connectivity index (χ1) is 5.74. The first kappa shape index (κ1) is 8.48. The van der Waals surface area contributed by atoms with Gasteiger partial charge in [0.05, 0.1) is 0 Å². The fourth-order valence-corrected chi connectivity index (χ4v) is 2.08. The third-order valence-electron chi connectivity index (χ3n) is 3.02. The Kier molecular flexibility index (Phi) is 2.10. The number of likely N-dealkylation sites (N-methyl/N-ethyl adjacent to an activating group) is 1. The van der Waals surface area contributed by atoms with E-state index in [1.165, 1.54) is 25.8 Å². The molecule has 1 unspecified atom stereocenters. The molecule has 0 radical (unpaired) electrons. The van der Waals surface area contributed by atoms with Crippen LogP contribution in [0.25, 0.3) is 0 Å². The fourth-order valence-electron chi connectivity index (χ4n) is 2.08. The maximum Gasteiger partial charge on any atom is 0.0446 e. The Morgan fingerprint density at radius 1 is 1.58 bits per heavy atom. The van der Waals surface area contributed by atoms with Crippen LogP contribution in [0.2, 0.25) is 0 Å². The number of rotatable bonds is 3. The van der Waals surface area contributed by atoms with E-state index >= 15 is 0 Å². The second kappa shape index (κ2) is 2.98. The van der Waals surface area contributed by atoms with Crippen molar-refractivity contribution < 1.29 is 0 Å². The average Bonchev–Trinajstić information content (AvgIpc) is 2.77. The number of hydrogen-bond donors (Lipinski definition) is 2. The zero-order valence-electron chi connectivity index (χ0n) is 7.84. The van der Waals surface area contributed by atoms with Crippen molar-refractivity contribution in [3.05, 3.63) is 0 Å². The van der Waals surface area contributed by atoms with E-state index in [9.17, 15) is 0 Å². The Morgan fingerprint density at radius 2 is 2.33 bits per heavy atom. The van der Waals surface area contributed by atoms with E-state index in [2.05, 4.69) is 17.3 Å². The van der Waals surface area contributed by atoms with Gasteiger partial charge >= 0.3 is 0 Å². The Labute approximate surface area is 74.3 Å². The first-order valence-electron chi connectivity index (χ1n) is 4.90. The quantitative estimate of drug-likeness (QED) is 0.613. The summed E-state index contributed by atoms with van der Waals surface area (Å²) in [7, 11) is 2.17. The molecule has 3 heteroatoms. The second-order valence-electron chi connectivity index (χ2n) is 4.39. The van der Waals surface area contributed by atoms with Gasteiger partial charge < -0.3 is 16.0 Å². The second-order valence-corrected chi connectivity index (χ2v) is 4.39. The van der Waals surface area contributed by atoms with E-state index in [1.54, 1.807) is 0 Å². The number of nitrogens with one attached hydrogen (secondary N) is 1. The highest BCUT2D eigenvalue weighted by molar-refractivity contribution is 5.01. The zero-order valence-corrected chi connectivity index (χ0v) is 7.84. The SMILES string of the molecule is CN1CCC(CN)(NC2CC2)C1. The van der Waals surface area contributed by atoms with Gasteiger partial charge in [0.15, 0.2) is 0 Å². The maximum atomic E-state index is 5.82. The van der Waals surface area contributed by atoms with Crippen LogP contribution in [0, 0.1) is 0 Å². The van der Waals surface area contributed by atoms with Gasteiger partial charge in [-0.3, -0.25) is 0 Å². The number of nitrogens with zero attached hydrogens (tertiary/aromatic N) is 1. The number of nitrogens with two attached hydrogens (primary N) is 1. The first-order valence-corrected chi connectivity index (χ1v) is 4.90. The van der Waals surface area contributed by atoms with Gasteiger partial charge in [0, 0.05) is 24.7 Å². The van der Waals surface area contributed by atoms with Crippen molar-refractivity contribution in [2.75, 3.05) is 26.7 Å². The lowest BCUT2D eigenvalue weighted by molar-refractivity contribution is 0.314. The molecule has 12 heavy (non-hydrogen) atoms. The van der Waals surface area contributed by atoms with Crippen molar-refractivity contribution >= 4 is 0 Å². The Balaban J connectivity index is 1.93. The summed E-state index contributed by atoms with van der Waals surface area (Å²) in [4.78, 5) is 2.36. The van der Waals surface area contributed by atoms with Crippen molar-refractivity contribution in [3.63, 3.8) is 0 Å². The molecule has 1 atom stereocenters. The fraction of sp³-hybridized carbons (Fsp3) is 1.00. The number of hydrogen-bond acceptors (Lipinski definition) is 3. The molecule has 0 aromatic rings. The van der Waals surface area contributed by atoms with Crippen LogP contribution in [-0.4, -0.2) is 43.2 Å². The average molecular weight is 169 g/mol. The molecule has 1 heterocycles. The lowest BCUT2D eigenvalue weighted by atomic mass is 9.99. The van der Waals surface area contributed by atoms with Crippen molar-refractivity contribution in [1.29, 1.82) is 0 Å². The van der Waals surface area contributed by atoms with E-state index in [4.69, 9.17) is 5.73 Å². The summed E-state index contributed by atoms with van der Waals surface area (Å²) in [5.41, 5.74) is 6.06. The molecule has 3 nitrogen and oxygen atoms in total. The molecule has 0 spiro atoms. The van der Waals surface area contributed by atoms with E-state index < -0.39 is 0 Å². The molecule has 2 aliphatic rings. The lowest BCUT2D eigenvalue weighted by Gasteiger charge is -2.28. The van der Waals surface area contributed by atoms with Crippen molar-refractivity contribution in [1.82, 2.24) is 10.2 Å². The summed E-state index contributed by atoms with van der Waals surface area (Å²) in [5, 5.41) is 3.68. The molecule has 0 amide bonds. The molecule has 2 fully saturated rings. The predicted octanol–water partition coefficient (Wildman–Crippen LogP) is -0.229. The monoisotopic (exact) mass is 169 g/mol. The van der Waals surface area contributed by atoms with Gasteiger partial charge in [0.2, 0.25) is 0 Å². The van der Waals surface area contributed by atoms with Crippen LogP contribution in [-0.2, 0) is 0 Å². The Morgan fingerprint density at radius 3 is 2.75 bits per heavy atom. The van der Waals surface area contributed by atoms with Crippen LogP contribution in [0.15, 0.2) is 0 Å². The highest BCUT2D eigenvalue weighted by atomic mass is 15.2. The van der Waals surface area contributed by atoms with Crippen LogP contribution >= 0.6 is 0 Å². The van der Waals surface area contributed by atoms with E-state index in [0.29, 0.717) is 0 Å². The highest BCUT2D eigenvalue weighted by Gasteiger charge is 2.39. The summed E-state index contributed by atoms with van der Waals surface area (Å²) >= 11 is 0. The highest BCUT2D eigenvalue weighted by Crippen LogP contribution is 2.27. The summed E-state index contributed by atoms with van der Waals surface area (Å²) in [6.45, 7) is 3.10. The summed E-state index contributed by atoms with van der Waals surface area (Å²) in [6, 6.07) is 0.778. The summed E-state index contributed by atoms with van der Waals surface area (Å²) in [5.74, 6) is 0. The van der Waals surface area contributed by atoms with Gasteiger partial charge in [-0.05, 0) is 32.9 Å². The minimum Gasteiger partial charge on any atom is -0.329 e. The third-order valence-corrected chi connectivity index (χ3v) is 3.02. The van der Waals surface area contributed by atoms with Gasteiger partial charge in [0.25, 0.3) is 0 Å². The van der Waals surface area contributed by atoms with Crippen LogP contribution < -0.4 is 11.1 Å². The Hall–Kier alpha value is -0.120. The topological polar surface area (TPSA) is 41.3 Å². The molecule has 1 saturated heterocycles. The normalized spacial score (nSPS) is 37.5. The van der Waals surface area contributed by atoms with Crippen LogP contribution in [0.1, 0.15) is 19.3 Å². The van der Waals surface area contributed by atoms with Crippen LogP contribution in [0.3, 0.4) is 0 Å². The van der Waals surface area contributed by atoms with Crippen molar-refractivity contribution in [2.24, 2.45) is 5.73 Å². The van der Waals surface area contributed by atoms with Gasteiger partial charge in [-0.15, -0.1) is 0 Å². The molecular formula is C9H19N3. The zero-order chi connectivity index (χ0) is 8.60. The molecule has 0 aromatic heterocycles. The number of likely N-dealkylation sites (tertiary alicyclic amines) is 1. The molecule has 3 N–H and O–H groups in total.